The van der Waals surface area contributed by atoms with Crippen LogP contribution in [0, 0.1) is 3.57 Å². The second kappa shape index (κ2) is 7.39. The van der Waals surface area contributed by atoms with Gasteiger partial charge in [0.25, 0.3) is 5.91 Å². The maximum absolute atomic E-state index is 12.0. The van der Waals surface area contributed by atoms with Crippen molar-refractivity contribution in [2.24, 2.45) is 0 Å². The van der Waals surface area contributed by atoms with Crippen LogP contribution >= 0.6 is 22.6 Å². The number of amides is 1. The lowest BCUT2D eigenvalue weighted by Crippen LogP contribution is -2.21. The first-order chi connectivity index (χ1) is 11.6. The zero-order valence-corrected chi connectivity index (χ0v) is 14.7. The van der Waals surface area contributed by atoms with E-state index in [4.69, 9.17) is 4.74 Å². The predicted molar refractivity (Wildman–Crippen MR) is 99.8 cm³/mol. The van der Waals surface area contributed by atoms with Gasteiger partial charge in [0.05, 0.1) is 16.8 Å². The van der Waals surface area contributed by atoms with Gasteiger partial charge in [0.1, 0.15) is 0 Å². The number of anilines is 1. The lowest BCUT2D eigenvalue weighted by atomic mass is 10.2. The highest BCUT2D eigenvalue weighted by atomic mass is 127. The van der Waals surface area contributed by atoms with E-state index in [2.05, 4.69) is 32.9 Å². The van der Waals surface area contributed by atoms with E-state index in [9.17, 15) is 9.59 Å². The van der Waals surface area contributed by atoms with Crippen LogP contribution in [0.4, 0.5) is 5.69 Å². The van der Waals surface area contributed by atoms with Gasteiger partial charge in [-0.2, -0.15) is 0 Å². The minimum absolute atomic E-state index is 0.346. The average Bonchev–Trinajstić information content (AvgIpc) is 2.61. The molecule has 3 aromatic rings. The van der Waals surface area contributed by atoms with Crippen LogP contribution in [0.5, 0.6) is 0 Å². The van der Waals surface area contributed by atoms with Crippen LogP contribution in [0.15, 0.2) is 60.8 Å². The number of hydrogen-bond acceptors (Lipinski definition) is 4. The van der Waals surface area contributed by atoms with Gasteiger partial charge in [-0.1, -0.05) is 6.07 Å². The molecular formula is C18H13IN2O3. The van der Waals surface area contributed by atoms with E-state index in [1.165, 1.54) is 0 Å². The van der Waals surface area contributed by atoms with Gasteiger partial charge in [-0.05, 0) is 71.1 Å². The van der Waals surface area contributed by atoms with Crippen molar-refractivity contribution in [3.05, 3.63) is 69.9 Å². The molecule has 2 aromatic carbocycles. The van der Waals surface area contributed by atoms with Crippen LogP contribution in [0.3, 0.4) is 0 Å². The summed E-state index contributed by atoms with van der Waals surface area (Å²) in [5, 5.41) is 3.57. The van der Waals surface area contributed by atoms with Crippen LogP contribution in [0.25, 0.3) is 10.9 Å². The van der Waals surface area contributed by atoms with Crippen LogP contribution in [-0.4, -0.2) is 23.5 Å². The molecule has 1 N–H and O–H groups in total. The number of nitrogens with zero attached hydrogens (tertiary/aromatic N) is 1. The molecule has 24 heavy (non-hydrogen) atoms. The van der Waals surface area contributed by atoms with Crippen molar-refractivity contribution < 1.29 is 14.3 Å². The number of nitrogens with one attached hydrogen (secondary N) is 1. The summed E-state index contributed by atoms with van der Waals surface area (Å²) in [6.45, 7) is -0.346. The number of aromatic nitrogens is 1. The summed E-state index contributed by atoms with van der Waals surface area (Å²) < 4.78 is 6.06. The SMILES string of the molecule is O=C(COC(=O)c1ccc(I)cc1)Nc1cccc2ncccc12. The molecule has 1 amide bonds. The van der Waals surface area contributed by atoms with Crippen molar-refractivity contribution in [2.75, 3.05) is 11.9 Å². The Morgan fingerprint density at radius 3 is 2.62 bits per heavy atom. The molecule has 0 spiro atoms. The summed E-state index contributed by atoms with van der Waals surface area (Å²) in [5.74, 6) is -0.925. The Balaban J connectivity index is 1.63. The fourth-order valence-corrected chi connectivity index (χ4v) is 2.56. The number of carbonyl (C=O) groups is 2. The Kier molecular flexibility index (Phi) is 5.05. The molecule has 5 nitrogen and oxygen atoms in total. The highest BCUT2D eigenvalue weighted by Gasteiger charge is 2.11. The molecule has 120 valence electrons. The van der Waals surface area contributed by atoms with Crippen molar-refractivity contribution >= 4 is 51.1 Å². The Labute approximate surface area is 152 Å². The van der Waals surface area contributed by atoms with E-state index >= 15 is 0 Å². The highest BCUT2D eigenvalue weighted by Crippen LogP contribution is 2.21. The summed E-state index contributed by atoms with van der Waals surface area (Å²) in [6.07, 6.45) is 1.69. The van der Waals surface area contributed by atoms with E-state index < -0.39 is 11.9 Å². The molecule has 0 atom stereocenters. The Hall–Kier alpha value is -2.48. The number of carbonyl (C=O) groups excluding carboxylic acids is 2. The van der Waals surface area contributed by atoms with Gasteiger partial charge in [-0.15, -0.1) is 0 Å². The van der Waals surface area contributed by atoms with Crippen molar-refractivity contribution in [3.63, 3.8) is 0 Å². The molecule has 0 aliphatic rings. The standard InChI is InChI=1S/C18H13IN2O3/c19-13-8-6-12(7-9-13)18(23)24-11-17(22)21-16-5-1-4-15-14(16)3-2-10-20-15/h1-10H,11H2,(H,21,22). The van der Waals surface area contributed by atoms with Gasteiger partial charge in [0.2, 0.25) is 0 Å². The third-order valence-electron chi connectivity index (χ3n) is 3.33. The highest BCUT2D eigenvalue weighted by molar-refractivity contribution is 14.1. The number of rotatable bonds is 4. The number of halogens is 1. The van der Waals surface area contributed by atoms with E-state index in [-0.39, 0.29) is 6.61 Å². The van der Waals surface area contributed by atoms with Gasteiger partial charge in [0, 0.05) is 15.2 Å². The van der Waals surface area contributed by atoms with E-state index in [1.54, 1.807) is 42.6 Å². The molecule has 0 aliphatic carbocycles. The smallest absolute Gasteiger partial charge is 0.338 e. The zero-order valence-electron chi connectivity index (χ0n) is 12.5. The molecule has 0 saturated heterocycles. The molecule has 0 unspecified atom stereocenters. The van der Waals surface area contributed by atoms with Crippen molar-refractivity contribution in [2.45, 2.75) is 0 Å². The molecule has 0 aliphatic heterocycles. The van der Waals surface area contributed by atoms with E-state index in [0.29, 0.717) is 11.3 Å². The molecule has 6 heteroatoms. The molecule has 0 saturated carbocycles. The van der Waals surface area contributed by atoms with Gasteiger partial charge < -0.3 is 10.1 Å². The number of esters is 1. The molecule has 1 aromatic heterocycles. The van der Waals surface area contributed by atoms with Gasteiger partial charge in [-0.3, -0.25) is 9.78 Å². The first kappa shape index (κ1) is 16.4. The average molecular weight is 432 g/mol. The van der Waals surface area contributed by atoms with Crippen molar-refractivity contribution in [1.82, 2.24) is 4.98 Å². The number of hydrogen-bond donors (Lipinski definition) is 1. The summed E-state index contributed by atoms with van der Waals surface area (Å²) in [5.41, 5.74) is 1.83. The monoisotopic (exact) mass is 432 g/mol. The number of pyridine rings is 1. The van der Waals surface area contributed by atoms with Crippen molar-refractivity contribution in [3.8, 4) is 0 Å². The lowest BCUT2D eigenvalue weighted by Gasteiger charge is -2.09. The first-order valence-electron chi connectivity index (χ1n) is 7.20. The Morgan fingerprint density at radius 1 is 1.04 bits per heavy atom. The van der Waals surface area contributed by atoms with Crippen LogP contribution in [-0.2, 0) is 9.53 Å². The quantitative estimate of drug-likeness (QED) is 0.505. The zero-order chi connectivity index (χ0) is 16.9. The molecule has 3 rings (SSSR count). The summed E-state index contributed by atoms with van der Waals surface area (Å²) in [7, 11) is 0. The van der Waals surface area contributed by atoms with Gasteiger partial charge >= 0.3 is 5.97 Å². The minimum Gasteiger partial charge on any atom is -0.452 e. The third kappa shape index (κ3) is 3.88. The van der Waals surface area contributed by atoms with Crippen molar-refractivity contribution in [1.29, 1.82) is 0 Å². The Bertz CT molecular complexity index is 889. The number of benzene rings is 2. The van der Waals surface area contributed by atoms with Crippen LogP contribution in [0.2, 0.25) is 0 Å². The summed E-state index contributed by atoms with van der Waals surface area (Å²) in [6, 6.07) is 16.1. The predicted octanol–water partition coefficient (Wildman–Crippen LogP) is 3.63. The summed E-state index contributed by atoms with van der Waals surface area (Å²) in [4.78, 5) is 28.2. The Morgan fingerprint density at radius 2 is 1.83 bits per heavy atom. The number of ether oxygens (including phenoxy) is 1. The molecule has 0 radical (unpaired) electrons. The second-order valence-electron chi connectivity index (χ2n) is 5.01. The number of fused-ring (bicyclic) bond motifs is 1. The van der Waals surface area contributed by atoms with Crippen LogP contribution in [0.1, 0.15) is 10.4 Å². The maximum atomic E-state index is 12.0. The minimum atomic E-state index is -0.527. The molecule has 0 bridgehead atoms. The molecule has 0 fully saturated rings. The van der Waals surface area contributed by atoms with Gasteiger partial charge in [-0.25, -0.2) is 4.79 Å². The summed E-state index contributed by atoms with van der Waals surface area (Å²) >= 11 is 2.15. The largest absolute Gasteiger partial charge is 0.452 e. The fourth-order valence-electron chi connectivity index (χ4n) is 2.20. The third-order valence-corrected chi connectivity index (χ3v) is 4.05. The first-order valence-corrected chi connectivity index (χ1v) is 8.27. The fraction of sp³-hybridized carbons (Fsp3) is 0.0556. The topological polar surface area (TPSA) is 68.3 Å². The second-order valence-corrected chi connectivity index (χ2v) is 6.25. The lowest BCUT2D eigenvalue weighted by molar-refractivity contribution is -0.119. The van der Waals surface area contributed by atoms with E-state index in [1.807, 2.05) is 18.2 Å². The van der Waals surface area contributed by atoms with Crippen LogP contribution < -0.4 is 5.32 Å². The molecular weight excluding hydrogens is 419 g/mol. The van der Waals surface area contributed by atoms with Gasteiger partial charge in [0.15, 0.2) is 6.61 Å². The normalized spacial score (nSPS) is 10.4. The maximum Gasteiger partial charge on any atom is 0.338 e. The van der Waals surface area contributed by atoms with E-state index in [0.717, 1.165) is 14.5 Å². The molecule has 1 heterocycles.